The molecule has 2 saturated heterocycles. The fraction of sp³-hybridized carbons (Fsp3) is 0.562. The third kappa shape index (κ3) is 5.18. The van der Waals surface area contributed by atoms with Gasteiger partial charge in [-0.3, -0.25) is 9.59 Å². The van der Waals surface area contributed by atoms with Crippen molar-refractivity contribution in [1.29, 1.82) is 0 Å². The Morgan fingerprint density at radius 1 is 1.36 bits per heavy atom. The number of aryl methyl sites for hydroxylation is 1. The van der Waals surface area contributed by atoms with E-state index in [2.05, 4.69) is 32.9 Å². The summed E-state index contributed by atoms with van der Waals surface area (Å²) < 4.78 is 5.88. The standard InChI is InChI=1S/C16H18Cl2IN3O3/c17-10-7-11(19)12(21-15(10)18)1-2-14(23)22-5-3-9(4-6-22)20-16(24)13-8-25-13/h7,9,13H,1-6,8H2,(H,20,24). The topological polar surface area (TPSA) is 74.8 Å². The maximum atomic E-state index is 12.4. The van der Waals surface area contributed by atoms with Crippen LogP contribution in [0.4, 0.5) is 0 Å². The lowest BCUT2D eigenvalue weighted by atomic mass is 10.0. The van der Waals surface area contributed by atoms with Crippen LogP contribution in [-0.4, -0.2) is 53.5 Å². The van der Waals surface area contributed by atoms with Crippen molar-refractivity contribution in [3.63, 3.8) is 0 Å². The van der Waals surface area contributed by atoms with E-state index < -0.39 is 0 Å². The van der Waals surface area contributed by atoms with Gasteiger partial charge in [0.2, 0.25) is 5.91 Å². The van der Waals surface area contributed by atoms with E-state index in [1.807, 2.05) is 4.90 Å². The summed E-state index contributed by atoms with van der Waals surface area (Å²) in [5.41, 5.74) is 0.787. The Balaban J connectivity index is 1.45. The Morgan fingerprint density at radius 2 is 2.04 bits per heavy atom. The minimum absolute atomic E-state index is 0.0370. The van der Waals surface area contributed by atoms with E-state index in [9.17, 15) is 9.59 Å². The average molecular weight is 498 g/mol. The molecule has 0 aromatic carbocycles. The first-order chi connectivity index (χ1) is 11.9. The Labute approximate surface area is 169 Å². The summed E-state index contributed by atoms with van der Waals surface area (Å²) in [6.45, 7) is 1.83. The van der Waals surface area contributed by atoms with Gasteiger partial charge >= 0.3 is 0 Å². The van der Waals surface area contributed by atoms with Crippen LogP contribution in [0, 0.1) is 3.57 Å². The number of ether oxygens (including phenoxy) is 1. The molecule has 2 aliphatic heterocycles. The first kappa shape index (κ1) is 19.1. The summed E-state index contributed by atoms with van der Waals surface area (Å²) in [6, 6.07) is 1.88. The number of pyridine rings is 1. The SMILES string of the molecule is O=C(NC1CCN(C(=O)CCc2nc(Cl)c(Cl)cc2I)CC1)C1CO1. The predicted octanol–water partition coefficient (Wildman–Crippen LogP) is 2.43. The third-order valence-electron chi connectivity index (χ3n) is 4.35. The maximum Gasteiger partial charge on any atom is 0.251 e. The van der Waals surface area contributed by atoms with Crippen LogP contribution >= 0.6 is 45.8 Å². The van der Waals surface area contributed by atoms with Crippen LogP contribution in [0.1, 0.15) is 25.0 Å². The molecule has 136 valence electrons. The molecule has 1 unspecified atom stereocenters. The number of carbonyl (C=O) groups excluding carboxylic acids is 2. The van der Waals surface area contributed by atoms with Gasteiger partial charge in [-0.25, -0.2) is 4.98 Å². The zero-order valence-corrected chi connectivity index (χ0v) is 17.1. The minimum atomic E-state index is -0.263. The fourth-order valence-corrected chi connectivity index (χ4v) is 4.00. The van der Waals surface area contributed by atoms with E-state index >= 15 is 0 Å². The van der Waals surface area contributed by atoms with Crippen molar-refractivity contribution >= 4 is 57.6 Å². The molecule has 3 heterocycles. The third-order valence-corrected chi connectivity index (χ3v) is 5.96. The number of hydrogen-bond donors (Lipinski definition) is 1. The molecule has 9 heteroatoms. The molecular formula is C16H18Cl2IN3O3. The van der Waals surface area contributed by atoms with Gasteiger partial charge in [0.1, 0.15) is 5.15 Å². The van der Waals surface area contributed by atoms with Gasteiger partial charge in [0.15, 0.2) is 6.10 Å². The van der Waals surface area contributed by atoms with Crippen molar-refractivity contribution in [2.45, 2.75) is 37.8 Å². The van der Waals surface area contributed by atoms with Gasteiger partial charge in [-0.05, 0) is 47.9 Å². The van der Waals surface area contributed by atoms with Crippen molar-refractivity contribution in [3.05, 3.63) is 25.5 Å². The molecule has 0 spiro atoms. The number of epoxide rings is 1. The number of likely N-dealkylation sites (tertiary alicyclic amines) is 1. The smallest absolute Gasteiger partial charge is 0.251 e. The van der Waals surface area contributed by atoms with Gasteiger partial charge < -0.3 is 15.0 Å². The molecule has 1 aromatic heterocycles. The van der Waals surface area contributed by atoms with E-state index in [-0.39, 0.29) is 29.1 Å². The number of halogens is 3. The number of hydrogen-bond acceptors (Lipinski definition) is 4. The molecule has 2 amide bonds. The van der Waals surface area contributed by atoms with Crippen LogP contribution in [0.25, 0.3) is 0 Å². The quantitative estimate of drug-likeness (QED) is 0.385. The molecule has 6 nitrogen and oxygen atoms in total. The van der Waals surface area contributed by atoms with Crippen molar-refractivity contribution in [1.82, 2.24) is 15.2 Å². The highest BCUT2D eigenvalue weighted by Crippen LogP contribution is 2.24. The fourth-order valence-electron chi connectivity index (χ4n) is 2.81. The van der Waals surface area contributed by atoms with Crippen LogP contribution in [0.15, 0.2) is 6.07 Å². The van der Waals surface area contributed by atoms with Crippen LogP contribution in [-0.2, 0) is 20.7 Å². The zero-order chi connectivity index (χ0) is 18.0. The molecule has 2 aliphatic rings. The molecule has 25 heavy (non-hydrogen) atoms. The molecular weight excluding hydrogens is 480 g/mol. The highest BCUT2D eigenvalue weighted by atomic mass is 127. The number of nitrogens with one attached hydrogen (secondary N) is 1. The lowest BCUT2D eigenvalue weighted by Crippen LogP contribution is -2.47. The summed E-state index contributed by atoms with van der Waals surface area (Å²) in [5, 5.41) is 3.66. The number of nitrogens with zero attached hydrogens (tertiary/aromatic N) is 2. The van der Waals surface area contributed by atoms with Crippen LogP contribution in [0.5, 0.6) is 0 Å². The summed E-state index contributed by atoms with van der Waals surface area (Å²) in [7, 11) is 0. The molecule has 1 atom stereocenters. The summed E-state index contributed by atoms with van der Waals surface area (Å²) in [5.74, 6) is 0.0593. The summed E-state index contributed by atoms with van der Waals surface area (Å²) in [6.07, 6.45) is 2.19. The van der Waals surface area contributed by atoms with E-state index in [4.69, 9.17) is 27.9 Å². The van der Waals surface area contributed by atoms with E-state index in [1.54, 1.807) is 6.07 Å². The second-order valence-electron chi connectivity index (χ2n) is 6.18. The summed E-state index contributed by atoms with van der Waals surface area (Å²) in [4.78, 5) is 30.2. The van der Waals surface area contributed by atoms with Crippen molar-refractivity contribution in [2.75, 3.05) is 19.7 Å². The Bertz CT molecular complexity index is 677. The second-order valence-corrected chi connectivity index (χ2v) is 8.10. The highest BCUT2D eigenvalue weighted by molar-refractivity contribution is 14.1. The summed E-state index contributed by atoms with van der Waals surface area (Å²) >= 11 is 14.0. The monoisotopic (exact) mass is 497 g/mol. The number of amides is 2. The lowest BCUT2D eigenvalue weighted by molar-refractivity contribution is -0.132. The molecule has 0 radical (unpaired) electrons. The molecule has 2 fully saturated rings. The van der Waals surface area contributed by atoms with Crippen LogP contribution in [0.3, 0.4) is 0 Å². The molecule has 1 aromatic rings. The maximum absolute atomic E-state index is 12.4. The van der Waals surface area contributed by atoms with Crippen molar-refractivity contribution in [2.24, 2.45) is 0 Å². The first-order valence-corrected chi connectivity index (χ1v) is 9.97. The van der Waals surface area contributed by atoms with Gasteiger partial charge in [0, 0.05) is 29.1 Å². The Morgan fingerprint density at radius 3 is 2.68 bits per heavy atom. The Hall–Kier alpha value is -0.640. The normalized spacial score (nSPS) is 20.4. The van der Waals surface area contributed by atoms with Gasteiger partial charge in [0.05, 0.1) is 17.3 Å². The number of piperidine rings is 1. The number of carbonyl (C=O) groups is 2. The van der Waals surface area contributed by atoms with Gasteiger partial charge in [-0.2, -0.15) is 0 Å². The minimum Gasteiger partial charge on any atom is -0.363 e. The van der Waals surface area contributed by atoms with Gasteiger partial charge in [0.25, 0.3) is 5.91 Å². The largest absolute Gasteiger partial charge is 0.363 e. The highest BCUT2D eigenvalue weighted by Gasteiger charge is 2.33. The predicted molar refractivity (Wildman–Crippen MR) is 103 cm³/mol. The molecule has 0 aliphatic carbocycles. The van der Waals surface area contributed by atoms with Crippen LogP contribution in [0.2, 0.25) is 10.2 Å². The first-order valence-electron chi connectivity index (χ1n) is 8.14. The lowest BCUT2D eigenvalue weighted by Gasteiger charge is -2.32. The van der Waals surface area contributed by atoms with Crippen molar-refractivity contribution in [3.8, 4) is 0 Å². The zero-order valence-electron chi connectivity index (χ0n) is 13.4. The average Bonchev–Trinajstić information content (AvgIpc) is 3.42. The molecule has 0 saturated carbocycles. The van der Waals surface area contributed by atoms with E-state index in [0.717, 1.165) is 22.1 Å². The number of rotatable bonds is 5. The van der Waals surface area contributed by atoms with Crippen molar-refractivity contribution < 1.29 is 14.3 Å². The molecule has 3 rings (SSSR count). The number of aromatic nitrogens is 1. The Kier molecular flexibility index (Phi) is 6.40. The van der Waals surface area contributed by atoms with Crippen LogP contribution < -0.4 is 5.32 Å². The van der Waals surface area contributed by atoms with Gasteiger partial charge in [-0.15, -0.1) is 0 Å². The molecule has 1 N–H and O–H groups in total. The van der Waals surface area contributed by atoms with E-state index in [1.165, 1.54) is 0 Å². The van der Waals surface area contributed by atoms with E-state index in [0.29, 0.717) is 37.6 Å². The van der Waals surface area contributed by atoms with Gasteiger partial charge in [-0.1, -0.05) is 23.2 Å². The molecule has 0 bridgehead atoms. The second kappa shape index (κ2) is 8.37.